The van der Waals surface area contributed by atoms with Gasteiger partial charge in [0.1, 0.15) is 12.2 Å². The fraction of sp³-hybridized carbons (Fsp3) is 0.579. The highest BCUT2D eigenvalue weighted by molar-refractivity contribution is 5.95. The van der Waals surface area contributed by atoms with Crippen molar-refractivity contribution in [2.75, 3.05) is 6.61 Å². The minimum absolute atomic E-state index is 0.0575. The molecule has 0 aliphatic carbocycles. The van der Waals surface area contributed by atoms with E-state index in [0.717, 1.165) is 11.1 Å². The molecule has 1 aromatic carbocycles. The summed E-state index contributed by atoms with van der Waals surface area (Å²) in [6.07, 6.45) is 0.551. The van der Waals surface area contributed by atoms with Crippen LogP contribution in [-0.4, -0.2) is 34.2 Å². The highest BCUT2D eigenvalue weighted by atomic mass is 16.5. The van der Waals surface area contributed by atoms with Gasteiger partial charge in [0.15, 0.2) is 0 Å². The molecule has 24 heavy (non-hydrogen) atoms. The van der Waals surface area contributed by atoms with E-state index in [4.69, 9.17) is 4.74 Å². The van der Waals surface area contributed by atoms with Gasteiger partial charge in [-0.25, -0.2) is 0 Å². The molecule has 134 valence electrons. The molecule has 0 fully saturated rings. The predicted octanol–water partition coefficient (Wildman–Crippen LogP) is 2.41. The molecule has 5 heteroatoms. The van der Waals surface area contributed by atoms with Crippen molar-refractivity contribution in [3.05, 3.63) is 35.4 Å². The largest absolute Gasteiger partial charge is 0.466 e. The van der Waals surface area contributed by atoms with E-state index < -0.39 is 11.6 Å². The second kappa shape index (κ2) is 9.55. The third-order valence-electron chi connectivity index (χ3n) is 4.34. The Morgan fingerprint density at radius 3 is 2.38 bits per heavy atom. The number of benzene rings is 1. The van der Waals surface area contributed by atoms with Crippen molar-refractivity contribution in [1.82, 2.24) is 0 Å². The summed E-state index contributed by atoms with van der Waals surface area (Å²) < 4.78 is 4.78. The number of ether oxygens (including phenoxy) is 1. The van der Waals surface area contributed by atoms with Crippen LogP contribution in [0.3, 0.4) is 0 Å². The van der Waals surface area contributed by atoms with Crippen molar-refractivity contribution in [3.8, 4) is 0 Å². The van der Waals surface area contributed by atoms with Gasteiger partial charge in [0.05, 0.1) is 18.8 Å². The summed E-state index contributed by atoms with van der Waals surface area (Å²) in [5.74, 6) is -1.01. The molecule has 2 N–H and O–H groups in total. The Labute approximate surface area is 143 Å². The highest BCUT2D eigenvalue weighted by Crippen LogP contribution is 2.28. The van der Waals surface area contributed by atoms with E-state index in [1.165, 1.54) is 0 Å². The fourth-order valence-electron chi connectivity index (χ4n) is 2.66. The van der Waals surface area contributed by atoms with E-state index in [1.54, 1.807) is 6.92 Å². The number of hydrogen-bond donors (Lipinski definition) is 2. The Morgan fingerprint density at radius 2 is 1.83 bits per heavy atom. The summed E-state index contributed by atoms with van der Waals surface area (Å²) in [6, 6.07) is 7.49. The zero-order chi connectivity index (χ0) is 18.2. The van der Waals surface area contributed by atoms with Crippen LogP contribution in [0.4, 0.5) is 0 Å². The molecule has 0 saturated carbocycles. The number of esters is 1. The molecule has 1 aromatic rings. The summed E-state index contributed by atoms with van der Waals surface area (Å²) in [5.41, 5.74) is 0.588. The molecule has 0 saturated heterocycles. The van der Waals surface area contributed by atoms with Crippen LogP contribution in [0, 0.1) is 5.92 Å². The number of hydrogen-bond acceptors (Lipinski definition) is 5. The van der Waals surface area contributed by atoms with E-state index in [0.29, 0.717) is 12.8 Å². The van der Waals surface area contributed by atoms with Gasteiger partial charge < -0.3 is 14.9 Å². The van der Waals surface area contributed by atoms with Gasteiger partial charge in [-0.15, -0.1) is 0 Å². The van der Waals surface area contributed by atoms with Crippen LogP contribution >= 0.6 is 0 Å². The number of aryl methyl sites for hydroxylation is 1. The summed E-state index contributed by atoms with van der Waals surface area (Å²) in [4.78, 5) is 23.5. The van der Waals surface area contributed by atoms with Crippen LogP contribution in [0.15, 0.2) is 24.3 Å². The summed E-state index contributed by atoms with van der Waals surface area (Å²) in [5, 5.41) is 20.3. The lowest BCUT2D eigenvalue weighted by Crippen LogP contribution is -2.38. The zero-order valence-corrected chi connectivity index (χ0v) is 14.7. The predicted molar refractivity (Wildman–Crippen MR) is 91.3 cm³/mol. The normalized spacial score (nSPS) is 13.6. The topological polar surface area (TPSA) is 83.8 Å². The van der Waals surface area contributed by atoms with Crippen molar-refractivity contribution in [2.24, 2.45) is 5.92 Å². The Kier molecular flexibility index (Phi) is 8.08. The smallest absolute Gasteiger partial charge is 0.313 e. The van der Waals surface area contributed by atoms with Crippen molar-refractivity contribution >= 4 is 11.8 Å². The van der Waals surface area contributed by atoms with Crippen LogP contribution < -0.4 is 0 Å². The van der Waals surface area contributed by atoms with Gasteiger partial charge in [0, 0.05) is 6.42 Å². The van der Waals surface area contributed by atoms with Crippen LogP contribution in [0.5, 0.6) is 0 Å². The highest BCUT2D eigenvalue weighted by Gasteiger charge is 2.34. The summed E-state index contributed by atoms with van der Waals surface area (Å²) >= 11 is 0. The van der Waals surface area contributed by atoms with Gasteiger partial charge in [-0.1, -0.05) is 38.1 Å². The molecule has 1 rings (SSSR count). The Hall–Kier alpha value is -1.72. The second-order valence-electron chi connectivity index (χ2n) is 6.38. The van der Waals surface area contributed by atoms with Crippen molar-refractivity contribution in [3.63, 3.8) is 0 Å². The van der Waals surface area contributed by atoms with Crippen molar-refractivity contribution in [2.45, 2.75) is 58.7 Å². The number of rotatable bonds is 10. The van der Waals surface area contributed by atoms with Crippen LogP contribution in [0.25, 0.3) is 0 Å². The molecule has 0 bridgehead atoms. The Morgan fingerprint density at radius 1 is 1.21 bits per heavy atom. The average Bonchev–Trinajstić information content (AvgIpc) is 2.53. The van der Waals surface area contributed by atoms with E-state index in [1.807, 2.05) is 38.1 Å². The molecular weight excluding hydrogens is 308 g/mol. The molecular formula is C19H28O5. The lowest BCUT2D eigenvalue weighted by Gasteiger charge is -2.32. The summed E-state index contributed by atoms with van der Waals surface area (Å²) in [7, 11) is 0. The molecule has 0 spiro atoms. The van der Waals surface area contributed by atoms with Gasteiger partial charge in [0.2, 0.25) is 0 Å². The van der Waals surface area contributed by atoms with E-state index in [-0.39, 0.29) is 37.8 Å². The first-order chi connectivity index (χ1) is 11.3. The number of carbonyl (C=O) groups is 2. The SMILES string of the molecule is CCOC(=O)CC(=O)C[C@](O)(CCc1ccccc1CO)C(C)C. The average molecular weight is 336 g/mol. The first kappa shape index (κ1) is 20.3. The monoisotopic (exact) mass is 336 g/mol. The van der Waals surface area contributed by atoms with Gasteiger partial charge in [0.25, 0.3) is 0 Å². The maximum Gasteiger partial charge on any atom is 0.313 e. The standard InChI is InChI=1S/C19H28O5/c1-4-24-18(22)11-17(21)12-19(23,14(2)3)10-9-15-7-5-6-8-16(15)13-20/h5-8,14,20,23H,4,9-13H2,1-3H3/t19-/m1/s1. The molecule has 5 nitrogen and oxygen atoms in total. The Balaban J connectivity index is 2.74. The van der Waals surface area contributed by atoms with Crippen LogP contribution in [-0.2, 0) is 27.4 Å². The van der Waals surface area contributed by atoms with Gasteiger partial charge in [-0.05, 0) is 36.8 Å². The molecule has 0 heterocycles. The maximum absolute atomic E-state index is 12.1. The van der Waals surface area contributed by atoms with E-state index in [2.05, 4.69) is 0 Å². The summed E-state index contributed by atoms with van der Waals surface area (Å²) in [6.45, 7) is 5.58. The quantitative estimate of drug-likeness (QED) is 0.506. The van der Waals surface area contributed by atoms with Gasteiger partial charge >= 0.3 is 5.97 Å². The fourth-order valence-corrected chi connectivity index (χ4v) is 2.66. The molecule has 0 aliphatic heterocycles. The van der Waals surface area contributed by atoms with Crippen molar-refractivity contribution < 1.29 is 24.5 Å². The number of aliphatic hydroxyl groups excluding tert-OH is 1. The third-order valence-corrected chi connectivity index (χ3v) is 4.34. The van der Waals surface area contributed by atoms with Gasteiger partial charge in [-0.2, -0.15) is 0 Å². The van der Waals surface area contributed by atoms with E-state index >= 15 is 0 Å². The molecule has 0 amide bonds. The number of carbonyl (C=O) groups excluding carboxylic acids is 2. The minimum atomic E-state index is -1.19. The maximum atomic E-state index is 12.1. The second-order valence-corrected chi connectivity index (χ2v) is 6.38. The van der Waals surface area contributed by atoms with Crippen LogP contribution in [0.1, 0.15) is 51.2 Å². The first-order valence-electron chi connectivity index (χ1n) is 8.39. The van der Waals surface area contributed by atoms with Crippen LogP contribution in [0.2, 0.25) is 0 Å². The first-order valence-corrected chi connectivity index (χ1v) is 8.39. The van der Waals surface area contributed by atoms with Crippen molar-refractivity contribution in [1.29, 1.82) is 0 Å². The molecule has 0 aliphatic rings. The molecule has 0 radical (unpaired) electrons. The number of ketones is 1. The zero-order valence-electron chi connectivity index (χ0n) is 14.7. The minimum Gasteiger partial charge on any atom is -0.466 e. The number of Topliss-reactive ketones (excluding diaryl/α,β-unsaturated/α-hetero) is 1. The third kappa shape index (κ3) is 6.06. The Bertz CT molecular complexity index is 552. The number of aliphatic hydroxyl groups is 2. The van der Waals surface area contributed by atoms with Gasteiger partial charge in [-0.3, -0.25) is 9.59 Å². The molecule has 1 atom stereocenters. The molecule has 0 aromatic heterocycles. The lowest BCUT2D eigenvalue weighted by atomic mass is 9.80. The lowest BCUT2D eigenvalue weighted by molar-refractivity contribution is -0.146. The molecule has 0 unspecified atom stereocenters. The van der Waals surface area contributed by atoms with E-state index in [9.17, 15) is 19.8 Å².